The number of hydrogen-bond donors (Lipinski definition) is 2. The minimum atomic E-state index is -0.975. The zero-order valence-electron chi connectivity index (χ0n) is 14.7. The molecule has 142 valence electrons. The summed E-state index contributed by atoms with van der Waals surface area (Å²) in [5.41, 5.74) is 4.99. The van der Waals surface area contributed by atoms with Gasteiger partial charge in [0.1, 0.15) is 23.5 Å². The molecule has 9 heteroatoms. The highest BCUT2D eigenvalue weighted by molar-refractivity contribution is 6.10. The van der Waals surface area contributed by atoms with Crippen molar-refractivity contribution in [2.45, 2.75) is 20.0 Å². The summed E-state index contributed by atoms with van der Waals surface area (Å²) in [7, 11) is 0. The van der Waals surface area contributed by atoms with Gasteiger partial charge in [-0.1, -0.05) is 12.1 Å². The van der Waals surface area contributed by atoms with Crippen molar-refractivity contribution in [2.24, 2.45) is 5.73 Å². The molecule has 0 saturated heterocycles. The van der Waals surface area contributed by atoms with Gasteiger partial charge < -0.3 is 24.4 Å². The number of benzene rings is 1. The van der Waals surface area contributed by atoms with Crippen LogP contribution in [0.1, 0.15) is 33.4 Å². The molecule has 9 nitrogen and oxygen atoms in total. The number of primary amides is 1. The van der Waals surface area contributed by atoms with E-state index < -0.39 is 23.9 Å². The van der Waals surface area contributed by atoms with Crippen molar-refractivity contribution in [2.75, 3.05) is 18.5 Å². The Morgan fingerprint density at radius 2 is 1.93 bits per heavy atom. The van der Waals surface area contributed by atoms with Crippen LogP contribution < -0.4 is 20.5 Å². The molecule has 0 saturated carbocycles. The number of anilines is 1. The molecule has 0 fully saturated rings. The number of esters is 1. The Hall–Kier alpha value is -3.49. The summed E-state index contributed by atoms with van der Waals surface area (Å²) in [5, 5.41) is 2.43. The Morgan fingerprint density at radius 1 is 1.22 bits per heavy atom. The third-order valence-electron chi connectivity index (χ3n) is 3.85. The summed E-state index contributed by atoms with van der Waals surface area (Å²) in [6.45, 7) is 3.16. The van der Waals surface area contributed by atoms with E-state index in [9.17, 15) is 14.4 Å². The number of para-hydroxylation sites is 2. The van der Waals surface area contributed by atoms with E-state index in [-0.39, 0.29) is 36.0 Å². The number of furan rings is 1. The smallest absolute Gasteiger partial charge is 0.342 e. The van der Waals surface area contributed by atoms with Gasteiger partial charge in [0, 0.05) is 0 Å². The second-order valence-electron chi connectivity index (χ2n) is 5.68. The predicted molar refractivity (Wildman–Crippen MR) is 92.9 cm³/mol. The Labute approximate surface area is 154 Å². The minimum Gasteiger partial charge on any atom is -0.485 e. The Morgan fingerprint density at radius 3 is 2.59 bits per heavy atom. The predicted octanol–water partition coefficient (Wildman–Crippen LogP) is 1.64. The van der Waals surface area contributed by atoms with Crippen molar-refractivity contribution < 1.29 is 33.0 Å². The molecule has 3 rings (SSSR count). The first kappa shape index (κ1) is 18.3. The maximum absolute atomic E-state index is 12.5. The van der Waals surface area contributed by atoms with E-state index >= 15 is 0 Å². The number of hydrogen-bond acceptors (Lipinski definition) is 7. The number of carbonyl (C=O) groups is 3. The molecule has 0 radical (unpaired) electrons. The monoisotopic (exact) mass is 374 g/mol. The number of nitrogens with one attached hydrogen (secondary N) is 1. The molecule has 2 heterocycles. The highest BCUT2D eigenvalue weighted by atomic mass is 16.6. The molecule has 27 heavy (non-hydrogen) atoms. The highest BCUT2D eigenvalue weighted by Gasteiger charge is 2.32. The van der Waals surface area contributed by atoms with E-state index in [1.165, 1.54) is 6.92 Å². The summed E-state index contributed by atoms with van der Waals surface area (Å²) in [6.07, 6.45) is -0.975. The average Bonchev–Trinajstić information content (AvgIpc) is 2.97. The summed E-state index contributed by atoms with van der Waals surface area (Å²) < 4.78 is 21.4. The lowest BCUT2D eigenvalue weighted by molar-refractivity contribution is -0.125. The van der Waals surface area contributed by atoms with Crippen LogP contribution in [0.2, 0.25) is 0 Å². The molecule has 0 aliphatic carbocycles. The molecular weight excluding hydrogens is 356 g/mol. The fourth-order valence-electron chi connectivity index (χ4n) is 2.66. The van der Waals surface area contributed by atoms with E-state index in [0.717, 1.165) is 0 Å². The van der Waals surface area contributed by atoms with Crippen LogP contribution in [0.5, 0.6) is 11.5 Å². The summed E-state index contributed by atoms with van der Waals surface area (Å²) in [6, 6.07) is 6.91. The van der Waals surface area contributed by atoms with Crippen LogP contribution in [0.15, 0.2) is 28.7 Å². The Bertz CT molecular complexity index is 903. The van der Waals surface area contributed by atoms with Crippen molar-refractivity contribution in [1.29, 1.82) is 0 Å². The first-order valence-electron chi connectivity index (χ1n) is 8.22. The minimum absolute atomic E-state index is 0.0286. The molecule has 1 atom stereocenters. The van der Waals surface area contributed by atoms with E-state index in [1.54, 1.807) is 31.2 Å². The van der Waals surface area contributed by atoms with Crippen LogP contribution in [-0.4, -0.2) is 37.1 Å². The van der Waals surface area contributed by atoms with Crippen LogP contribution in [0.25, 0.3) is 0 Å². The second kappa shape index (κ2) is 7.40. The van der Waals surface area contributed by atoms with Gasteiger partial charge in [-0.3, -0.25) is 14.9 Å². The van der Waals surface area contributed by atoms with Gasteiger partial charge in [-0.2, -0.15) is 0 Å². The lowest BCUT2D eigenvalue weighted by atomic mass is 10.1. The van der Waals surface area contributed by atoms with E-state index in [4.69, 9.17) is 24.4 Å². The fraction of sp³-hybridized carbons (Fsp3) is 0.278. The second-order valence-corrected chi connectivity index (χ2v) is 5.68. The van der Waals surface area contributed by atoms with E-state index in [1.807, 2.05) is 0 Å². The number of nitrogens with two attached hydrogens (primary N) is 1. The van der Waals surface area contributed by atoms with Crippen LogP contribution in [-0.2, 0) is 9.53 Å². The summed E-state index contributed by atoms with van der Waals surface area (Å²) in [5.74, 6) is -1.51. The number of fused-ring (bicyclic) bond motifs is 1. The summed E-state index contributed by atoms with van der Waals surface area (Å²) in [4.78, 5) is 36.4. The van der Waals surface area contributed by atoms with Crippen LogP contribution >= 0.6 is 0 Å². The largest absolute Gasteiger partial charge is 0.485 e. The molecule has 1 aromatic carbocycles. The molecule has 1 aromatic heterocycles. The first-order chi connectivity index (χ1) is 12.9. The Kier molecular flexibility index (Phi) is 5.02. The standard InChI is InChI=1S/C18H18N2O7/c1-3-24-18(23)13-9(2)26-17(14(13)15(19)21)20-16(22)12-8-25-10-6-4-5-7-11(10)27-12/h4-7,12H,3,8H2,1-2H3,(H2,19,21)(H,20,22). The molecular formula is C18H18N2O7. The van der Waals surface area contributed by atoms with Gasteiger partial charge in [0.2, 0.25) is 12.0 Å². The average molecular weight is 374 g/mol. The molecule has 1 aliphatic heterocycles. The van der Waals surface area contributed by atoms with Crippen molar-refractivity contribution in [3.8, 4) is 11.5 Å². The molecule has 0 bridgehead atoms. The van der Waals surface area contributed by atoms with Gasteiger partial charge in [-0.15, -0.1) is 0 Å². The van der Waals surface area contributed by atoms with Crippen LogP contribution in [0.3, 0.4) is 0 Å². The van der Waals surface area contributed by atoms with Gasteiger partial charge in [0.25, 0.3) is 11.8 Å². The normalized spacial score (nSPS) is 15.1. The van der Waals surface area contributed by atoms with Crippen molar-refractivity contribution in [3.63, 3.8) is 0 Å². The third kappa shape index (κ3) is 3.57. The van der Waals surface area contributed by atoms with Gasteiger partial charge in [0.15, 0.2) is 11.5 Å². The zero-order chi connectivity index (χ0) is 19.6. The lowest BCUT2D eigenvalue weighted by Gasteiger charge is -2.25. The zero-order valence-corrected chi connectivity index (χ0v) is 14.7. The quantitative estimate of drug-likeness (QED) is 0.761. The highest BCUT2D eigenvalue weighted by Crippen LogP contribution is 2.32. The van der Waals surface area contributed by atoms with Gasteiger partial charge >= 0.3 is 5.97 Å². The number of carbonyl (C=O) groups excluding carboxylic acids is 3. The first-order valence-corrected chi connectivity index (χ1v) is 8.22. The maximum Gasteiger partial charge on any atom is 0.342 e. The fourth-order valence-corrected chi connectivity index (χ4v) is 2.66. The molecule has 3 N–H and O–H groups in total. The van der Waals surface area contributed by atoms with Crippen molar-refractivity contribution in [1.82, 2.24) is 0 Å². The maximum atomic E-state index is 12.5. The lowest BCUT2D eigenvalue weighted by Crippen LogP contribution is -2.40. The van der Waals surface area contributed by atoms with Gasteiger partial charge in [-0.25, -0.2) is 4.79 Å². The molecule has 0 spiro atoms. The topological polar surface area (TPSA) is 130 Å². The van der Waals surface area contributed by atoms with Gasteiger partial charge in [0.05, 0.1) is 6.61 Å². The third-order valence-corrected chi connectivity index (χ3v) is 3.85. The number of rotatable bonds is 5. The van der Waals surface area contributed by atoms with Crippen molar-refractivity contribution in [3.05, 3.63) is 41.2 Å². The van der Waals surface area contributed by atoms with Gasteiger partial charge in [-0.05, 0) is 26.0 Å². The molecule has 1 aliphatic rings. The molecule has 2 amide bonds. The SMILES string of the molecule is CCOC(=O)c1c(C)oc(NC(=O)C2COc3ccccc3O2)c1C(N)=O. The van der Waals surface area contributed by atoms with E-state index in [2.05, 4.69) is 5.32 Å². The number of ether oxygens (including phenoxy) is 3. The number of amides is 2. The van der Waals surface area contributed by atoms with Crippen molar-refractivity contribution >= 4 is 23.7 Å². The molecule has 1 unspecified atom stereocenters. The van der Waals surface area contributed by atoms with E-state index in [0.29, 0.717) is 11.5 Å². The molecule has 2 aromatic rings. The van der Waals surface area contributed by atoms with Crippen LogP contribution in [0.4, 0.5) is 5.88 Å². The summed E-state index contributed by atoms with van der Waals surface area (Å²) >= 11 is 0. The Balaban J connectivity index is 1.83. The van der Waals surface area contributed by atoms with Crippen LogP contribution in [0, 0.1) is 6.92 Å². The number of aryl methyl sites for hydroxylation is 1.